The molecule has 0 saturated heterocycles. The van der Waals surface area contributed by atoms with Gasteiger partial charge in [-0.2, -0.15) is 0 Å². The minimum atomic E-state index is -0.250. The molecule has 7 nitrogen and oxygen atoms in total. The van der Waals surface area contributed by atoms with Crippen LogP contribution in [0.1, 0.15) is 11.8 Å². The van der Waals surface area contributed by atoms with Crippen molar-refractivity contribution >= 4 is 36.5 Å². The number of hydrogen-bond donors (Lipinski definition) is 3. The van der Waals surface area contributed by atoms with Crippen LogP contribution in [0.2, 0.25) is 0 Å². The van der Waals surface area contributed by atoms with Crippen molar-refractivity contribution in [1.82, 2.24) is 0 Å². The van der Waals surface area contributed by atoms with E-state index in [1.54, 1.807) is 30.6 Å². The summed E-state index contributed by atoms with van der Waals surface area (Å²) in [6, 6.07) is 4.14. The Morgan fingerprint density at radius 3 is 2.57 bits per heavy atom. The van der Waals surface area contributed by atoms with E-state index in [-0.39, 0.29) is 12.5 Å². The third kappa shape index (κ3) is 19.7. The molecule has 1 aromatic heterocycles. The number of aliphatic imine (C=N–C) groups is 1. The maximum Gasteiger partial charge on any atom is 0.290 e. The van der Waals surface area contributed by atoms with Crippen molar-refractivity contribution in [3.63, 3.8) is 0 Å². The fraction of sp³-hybridized carbons (Fsp3) is 0.267. The van der Waals surface area contributed by atoms with Gasteiger partial charge in [0.05, 0.1) is 6.61 Å². The van der Waals surface area contributed by atoms with E-state index in [0.29, 0.717) is 18.7 Å². The molecule has 0 aliphatic rings. The van der Waals surface area contributed by atoms with Crippen LogP contribution >= 0.6 is 11.3 Å². The Bertz CT molecular complexity index is 483. The van der Waals surface area contributed by atoms with Crippen molar-refractivity contribution in [2.75, 3.05) is 13.7 Å². The molecule has 5 N–H and O–H groups in total. The van der Waals surface area contributed by atoms with Crippen LogP contribution in [0.25, 0.3) is 6.08 Å². The predicted octanol–water partition coefficient (Wildman–Crippen LogP) is 1.51. The van der Waals surface area contributed by atoms with Crippen LogP contribution in [0.4, 0.5) is 0 Å². The first-order valence-electron chi connectivity index (χ1n) is 6.48. The van der Waals surface area contributed by atoms with Gasteiger partial charge in [-0.1, -0.05) is 6.07 Å². The van der Waals surface area contributed by atoms with Gasteiger partial charge in [-0.05, 0) is 36.6 Å². The Balaban J connectivity index is 0. The van der Waals surface area contributed by atoms with E-state index < -0.39 is 0 Å². The summed E-state index contributed by atoms with van der Waals surface area (Å²) < 4.78 is 4.68. The minimum absolute atomic E-state index is 0.176. The predicted molar refractivity (Wildman–Crippen MR) is 94.4 cm³/mol. The SMILES string of the molecule is COCC(C)N.NC(=C\C=NC=O)/C=C/c1cccs1.O=CO. The van der Waals surface area contributed by atoms with Crippen LogP contribution in [0, 0.1) is 0 Å². The number of nitrogens with zero attached hydrogens (tertiary/aromatic N) is 1. The van der Waals surface area contributed by atoms with Crippen molar-refractivity contribution in [3.05, 3.63) is 40.2 Å². The molecule has 0 aliphatic carbocycles. The fourth-order valence-electron chi connectivity index (χ4n) is 1.05. The van der Waals surface area contributed by atoms with Crippen molar-refractivity contribution in [2.24, 2.45) is 16.5 Å². The number of thiophene rings is 1. The van der Waals surface area contributed by atoms with E-state index >= 15 is 0 Å². The van der Waals surface area contributed by atoms with E-state index in [0.717, 1.165) is 4.88 Å². The lowest BCUT2D eigenvalue weighted by atomic mass is 10.3. The summed E-state index contributed by atoms with van der Waals surface area (Å²) in [5.74, 6) is 0. The Labute approximate surface area is 140 Å². The summed E-state index contributed by atoms with van der Waals surface area (Å²) in [5, 5.41) is 8.88. The molecule has 0 radical (unpaired) electrons. The average Bonchev–Trinajstić information content (AvgIpc) is 3.00. The molecule has 0 spiro atoms. The Morgan fingerprint density at radius 2 is 2.17 bits per heavy atom. The van der Waals surface area contributed by atoms with Crippen LogP contribution in [0.3, 0.4) is 0 Å². The van der Waals surface area contributed by atoms with E-state index in [4.69, 9.17) is 21.4 Å². The third-order valence-corrected chi connectivity index (χ3v) is 2.66. The first kappa shape index (κ1) is 23.0. The van der Waals surface area contributed by atoms with Crippen LogP contribution in [0.5, 0.6) is 0 Å². The van der Waals surface area contributed by atoms with Gasteiger partial charge in [0.15, 0.2) is 0 Å². The maximum absolute atomic E-state index is 9.85. The van der Waals surface area contributed by atoms with Gasteiger partial charge < -0.3 is 21.3 Å². The van der Waals surface area contributed by atoms with E-state index in [9.17, 15) is 4.79 Å². The van der Waals surface area contributed by atoms with Gasteiger partial charge >= 0.3 is 0 Å². The summed E-state index contributed by atoms with van der Waals surface area (Å²) in [7, 11) is 1.64. The molecule has 8 heteroatoms. The van der Waals surface area contributed by atoms with Gasteiger partial charge in [0.25, 0.3) is 6.47 Å². The van der Waals surface area contributed by atoms with Crippen LogP contribution in [-0.4, -0.2) is 44.0 Å². The summed E-state index contributed by atoms with van der Waals surface area (Å²) >= 11 is 1.63. The zero-order valence-electron chi connectivity index (χ0n) is 13.2. The molecule has 0 saturated carbocycles. The van der Waals surface area contributed by atoms with Gasteiger partial charge in [-0.15, -0.1) is 11.3 Å². The lowest BCUT2D eigenvalue weighted by Crippen LogP contribution is -2.20. The number of carbonyl (C=O) groups is 2. The Morgan fingerprint density at radius 1 is 1.52 bits per heavy atom. The first-order valence-corrected chi connectivity index (χ1v) is 7.36. The lowest BCUT2D eigenvalue weighted by molar-refractivity contribution is -0.122. The number of carbonyl (C=O) groups excluding carboxylic acids is 1. The van der Waals surface area contributed by atoms with Crippen molar-refractivity contribution < 1.29 is 19.4 Å². The number of methoxy groups -OCH3 is 1. The maximum atomic E-state index is 9.85. The molecule has 0 aromatic carbocycles. The van der Waals surface area contributed by atoms with Crippen LogP contribution in [0.15, 0.2) is 40.4 Å². The highest BCUT2D eigenvalue weighted by molar-refractivity contribution is 7.10. The monoisotopic (exact) mass is 341 g/mol. The van der Waals surface area contributed by atoms with Crippen molar-refractivity contribution in [3.8, 4) is 0 Å². The standard InChI is InChI=1S/C10H10N2OS.C4H11NO.CH2O2/c11-9(5-6-12-8-13)3-4-10-2-1-7-14-10;1-4(5)3-6-2;2-1-3/h1-8H,11H2;4H,3,5H2,1-2H3;1H,(H,2,3)/b4-3+,9-5-,12-6?;;. The molecule has 1 heterocycles. The van der Waals surface area contributed by atoms with Crippen molar-refractivity contribution in [1.29, 1.82) is 0 Å². The highest BCUT2D eigenvalue weighted by atomic mass is 32.1. The molecule has 1 amide bonds. The second kappa shape index (κ2) is 17.8. The minimum Gasteiger partial charge on any atom is -0.483 e. The summed E-state index contributed by atoms with van der Waals surface area (Å²) in [5.41, 5.74) is 11.4. The quantitative estimate of drug-likeness (QED) is 0.409. The van der Waals surface area contributed by atoms with Gasteiger partial charge in [0, 0.05) is 29.9 Å². The molecule has 1 aromatic rings. The van der Waals surface area contributed by atoms with E-state index in [1.165, 1.54) is 6.21 Å². The van der Waals surface area contributed by atoms with E-state index in [2.05, 4.69) is 9.73 Å². The summed E-state index contributed by atoms with van der Waals surface area (Å²) in [6.07, 6.45) is 7.07. The second-order valence-electron chi connectivity index (χ2n) is 3.96. The van der Waals surface area contributed by atoms with Gasteiger partial charge in [-0.3, -0.25) is 9.59 Å². The molecular weight excluding hydrogens is 318 g/mol. The highest BCUT2D eigenvalue weighted by Crippen LogP contribution is 2.10. The molecule has 1 rings (SSSR count). The molecule has 0 aliphatic heterocycles. The van der Waals surface area contributed by atoms with Crippen LogP contribution in [-0.2, 0) is 14.3 Å². The number of ether oxygens (including phenoxy) is 1. The fourth-order valence-corrected chi connectivity index (χ4v) is 1.67. The molecule has 1 unspecified atom stereocenters. The van der Waals surface area contributed by atoms with Gasteiger partial charge in [0.1, 0.15) is 0 Å². The second-order valence-corrected chi connectivity index (χ2v) is 4.94. The number of nitrogens with two attached hydrogens (primary N) is 2. The van der Waals surface area contributed by atoms with Gasteiger partial charge in [0.2, 0.25) is 6.41 Å². The summed E-state index contributed by atoms with van der Waals surface area (Å²) in [6.45, 7) is 2.31. The molecular formula is C15H23N3O4S. The zero-order chi connectivity index (χ0) is 17.9. The topological polar surface area (TPSA) is 128 Å². The normalized spacial score (nSPS) is 12.0. The van der Waals surface area contributed by atoms with E-state index in [1.807, 2.05) is 30.5 Å². The smallest absolute Gasteiger partial charge is 0.290 e. The van der Waals surface area contributed by atoms with Crippen molar-refractivity contribution in [2.45, 2.75) is 13.0 Å². The molecule has 0 fully saturated rings. The van der Waals surface area contributed by atoms with Gasteiger partial charge in [-0.25, -0.2) is 4.99 Å². The summed E-state index contributed by atoms with van der Waals surface area (Å²) in [4.78, 5) is 22.7. The number of carboxylic acid groups (broad SMARTS) is 1. The Kier molecular flexibility index (Phi) is 17.7. The lowest BCUT2D eigenvalue weighted by Gasteiger charge is -1.98. The third-order valence-electron chi connectivity index (χ3n) is 1.83. The molecule has 1 atom stereocenters. The molecule has 0 bridgehead atoms. The molecule has 23 heavy (non-hydrogen) atoms. The van der Waals surface area contributed by atoms with Crippen LogP contribution < -0.4 is 11.5 Å². The number of allylic oxidation sites excluding steroid dienone is 2. The largest absolute Gasteiger partial charge is 0.483 e. The number of amides is 1. The number of rotatable bonds is 6. The zero-order valence-corrected chi connectivity index (χ0v) is 14.0. The Hall–Kier alpha value is -2.29. The number of hydrogen-bond acceptors (Lipinski definition) is 6. The molecule has 128 valence electrons. The first-order chi connectivity index (χ1) is 11.0. The highest BCUT2D eigenvalue weighted by Gasteiger charge is 1.86. The average molecular weight is 341 g/mol.